The number of carbonyl (C=O) groups is 1. The van der Waals surface area contributed by atoms with Crippen molar-refractivity contribution in [2.75, 3.05) is 7.11 Å². The average molecular weight is 314 g/mol. The maximum atomic E-state index is 13.7. The molecule has 0 spiro atoms. The van der Waals surface area contributed by atoms with Crippen molar-refractivity contribution in [3.8, 4) is 0 Å². The van der Waals surface area contributed by atoms with Gasteiger partial charge in [0.05, 0.1) is 18.6 Å². The first-order valence-corrected chi connectivity index (χ1v) is 5.58. The third-order valence-electron chi connectivity index (χ3n) is 2.84. The molecule has 1 aromatic rings. The fourth-order valence-corrected chi connectivity index (χ4v) is 1.79. The summed E-state index contributed by atoms with van der Waals surface area (Å²) in [5, 5.41) is -0.0724. The van der Waals surface area contributed by atoms with Gasteiger partial charge in [0.2, 0.25) is 0 Å². The van der Waals surface area contributed by atoms with Gasteiger partial charge in [0.1, 0.15) is 11.6 Å². The van der Waals surface area contributed by atoms with Crippen LogP contribution in [0.2, 0.25) is 5.02 Å². The Kier molecular flexibility index (Phi) is 6.19. The Morgan fingerprint density at radius 1 is 1.37 bits per heavy atom. The molecule has 1 rings (SSSR count). The van der Waals surface area contributed by atoms with E-state index >= 15 is 0 Å². The van der Waals surface area contributed by atoms with Gasteiger partial charge in [-0.15, -0.1) is 12.4 Å². The van der Waals surface area contributed by atoms with Gasteiger partial charge in [-0.2, -0.15) is 0 Å². The minimum Gasteiger partial charge on any atom is -0.469 e. The zero-order valence-electron chi connectivity index (χ0n) is 10.7. The van der Waals surface area contributed by atoms with Gasteiger partial charge < -0.3 is 10.5 Å². The lowest BCUT2D eigenvalue weighted by atomic mass is 9.80. The van der Waals surface area contributed by atoms with Crippen molar-refractivity contribution in [2.45, 2.75) is 19.9 Å². The molecule has 19 heavy (non-hydrogen) atoms. The first-order valence-electron chi connectivity index (χ1n) is 5.20. The Balaban J connectivity index is 0.00000324. The molecule has 7 heteroatoms. The number of methoxy groups -OCH3 is 1. The second-order valence-corrected chi connectivity index (χ2v) is 4.91. The minimum atomic E-state index is -1.26. The molecule has 0 heterocycles. The van der Waals surface area contributed by atoms with Crippen LogP contribution in [0.3, 0.4) is 0 Å². The minimum absolute atomic E-state index is 0. The van der Waals surface area contributed by atoms with Crippen LogP contribution in [0.5, 0.6) is 0 Å². The molecule has 1 atom stereocenters. The van der Waals surface area contributed by atoms with E-state index in [0.29, 0.717) is 0 Å². The molecule has 0 aliphatic heterocycles. The number of ether oxygens (including phenoxy) is 1. The summed E-state index contributed by atoms with van der Waals surface area (Å²) >= 11 is 5.52. The van der Waals surface area contributed by atoms with Gasteiger partial charge in [0.25, 0.3) is 0 Å². The summed E-state index contributed by atoms with van der Waals surface area (Å²) < 4.78 is 32.0. The summed E-state index contributed by atoms with van der Waals surface area (Å²) in [4.78, 5) is 11.6. The van der Waals surface area contributed by atoms with Crippen LogP contribution in [-0.4, -0.2) is 13.1 Å². The molecule has 2 N–H and O–H groups in total. The Hall–Kier alpha value is -0.910. The highest BCUT2D eigenvalue weighted by molar-refractivity contribution is 6.30. The van der Waals surface area contributed by atoms with Crippen LogP contribution >= 0.6 is 24.0 Å². The van der Waals surface area contributed by atoms with E-state index in [1.807, 2.05) is 0 Å². The lowest BCUT2D eigenvalue weighted by Crippen LogP contribution is -2.38. The summed E-state index contributed by atoms with van der Waals surface area (Å²) in [6.07, 6.45) is 0. The highest BCUT2D eigenvalue weighted by atomic mass is 35.5. The Morgan fingerprint density at radius 2 is 1.79 bits per heavy atom. The fourth-order valence-electron chi connectivity index (χ4n) is 1.60. The molecule has 0 aliphatic carbocycles. The molecule has 0 bridgehead atoms. The van der Waals surface area contributed by atoms with Gasteiger partial charge in [-0.1, -0.05) is 11.6 Å². The number of rotatable bonds is 3. The van der Waals surface area contributed by atoms with Crippen molar-refractivity contribution in [1.29, 1.82) is 0 Å². The van der Waals surface area contributed by atoms with Gasteiger partial charge in [0, 0.05) is 10.6 Å². The molecule has 0 saturated carbocycles. The van der Waals surface area contributed by atoms with E-state index in [-0.39, 0.29) is 23.0 Å². The predicted octanol–water partition coefficient (Wildman–Crippen LogP) is 3.24. The standard InChI is InChI=1S/C12H14ClF2NO2.ClH/c1-12(2,11(17)18-3)10(16)9-7(14)4-6(13)5-8(9)15;/h4-5,10H,16H2,1-3H3;1H/t10-;/m0./s1. The summed E-state index contributed by atoms with van der Waals surface area (Å²) in [6.45, 7) is 2.91. The quantitative estimate of drug-likeness (QED) is 0.872. The Labute approximate surface area is 121 Å². The molecule has 0 saturated heterocycles. The molecule has 0 aromatic heterocycles. The molecule has 3 nitrogen and oxygen atoms in total. The molecular weight excluding hydrogens is 299 g/mol. The number of benzene rings is 1. The summed E-state index contributed by atoms with van der Waals surface area (Å²) in [5.41, 5.74) is 4.14. The third-order valence-corrected chi connectivity index (χ3v) is 3.06. The van der Waals surface area contributed by atoms with E-state index in [4.69, 9.17) is 17.3 Å². The lowest BCUT2D eigenvalue weighted by molar-refractivity contribution is -0.152. The summed E-state index contributed by atoms with van der Waals surface area (Å²) in [7, 11) is 1.19. The van der Waals surface area contributed by atoms with Crippen molar-refractivity contribution in [3.05, 3.63) is 34.4 Å². The van der Waals surface area contributed by atoms with E-state index in [0.717, 1.165) is 12.1 Å². The maximum Gasteiger partial charge on any atom is 0.313 e. The second kappa shape index (κ2) is 6.50. The van der Waals surface area contributed by atoms with E-state index in [1.165, 1.54) is 21.0 Å². The fraction of sp³-hybridized carbons (Fsp3) is 0.417. The number of hydrogen-bond donors (Lipinski definition) is 1. The molecule has 0 unspecified atom stereocenters. The van der Waals surface area contributed by atoms with E-state index in [2.05, 4.69) is 4.74 Å². The molecule has 108 valence electrons. The molecule has 0 radical (unpaired) electrons. The lowest BCUT2D eigenvalue weighted by Gasteiger charge is -2.29. The van der Waals surface area contributed by atoms with Crippen molar-refractivity contribution in [3.63, 3.8) is 0 Å². The Bertz CT molecular complexity index is 458. The zero-order valence-corrected chi connectivity index (χ0v) is 12.2. The van der Waals surface area contributed by atoms with Gasteiger partial charge in [-0.25, -0.2) is 8.78 Å². The first-order chi connectivity index (χ1) is 8.21. The number of nitrogens with two attached hydrogens (primary N) is 1. The van der Waals surface area contributed by atoms with E-state index in [9.17, 15) is 13.6 Å². The molecule has 0 aliphatic rings. The van der Waals surface area contributed by atoms with Crippen LogP contribution in [0.1, 0.15) is 25.5 Å². The Morgan fingerprint density at radius 3 is 2.16 bits per heavy atom. The predicted molar refractivity (Wildman–Crippen MR) is 71.3 cm³/mol. The van der Waals surface area contributed by atoms with Crippen LogP contribution in [0, 0.1) is 17.0 Å². The monoisotopic (exact) mass is 313 g/mol. The maximum absolute atomic E-state index is 13.7. The van der Waals surface area contributed by atoms with Crippen LogP contribution in [-0.2, 0) is 9.53 Å². The van der Waals surface area contributed by atoms with Crippen LogP contribution in [0.15, 0.2) is 12.1 Å². The highest BCUT2D eigenvalue weighted by Crippen LogP contribution is 2.36. The van der Waals surface area contributed by atoms with E-state index < -0.39 is 29.1 Å². The van der Waals surface area contributed by atoms with E-state index in [1.54, 1.807) is 0 Å². The number of esters is 1. The first kappa shape index (κ1) is 18.1. The topological polar surface area (TPSA) is 52.3 Å². The smallest absolute Gasteiger partial charge is 0.313 e. The van der Waals surface area contributed by atoms with Gasteiger partial charge >= 0.3 is 5.97 Å². The van der Waals surface area contributed by atoms with Crippen molar-refractivity contribution >= 4 is 30.0 Å². The third kappa shape index (κ3) is 3.55. The number of carbonyl (C=O) groups excluding carboxylic acids is 1. The summed E-state index contributed by atoms with van der Waals surface area (Å²) in [6, 6.07) is 0.725. The molecule has 0 fully saturated rings. The van der Waals surface area contributed by atoms with Crippen LogP contribution in [0.25, 0.3) is 0 Å². The van der Waals surface area contributed by atoms with Gasteiger partial charge in [-0.3, -0.25) is 4.79 Å². The zero-order chi connectivity index (χ0) is 14.1. The molecule has 0 amide bonds. The normalized spacial score (nSPS) is 12.6. The SMILES string of the molecule is COC(=O)C(C)(C)[C@@H](N)c1c(F)cc(Cl)cc1F.Cl. The molecule has 1 aromatic carbocycles. The highest BCUT2D eigenvalue weighted by Gasteiger charge is 2.39. The van der Waals surface area contributed by atoms with Gasteiger partial charge in [0.15, 0.2) is 0 Å². The molecular formula is C12H15Cl2F2NO2. The number of hydrogen-bond acceptors (Lipinski definition) is 3. The van der Waals surface area contributed by atoms with Gasteiger partial charge in [-0.05, 0) is 26.0 Å². The van der Waals surface area contributed by atoms with Crippen molar-refractivity contribution < 1.29 is 18.3 Å². The largest absolute Gasteiger partial charge is 0.469 e. The average Bonchev–Trinajstić information content (AvgIpc) is 2.26. The van der Waals surface area contributed by atoms with Crippen LogP contribution < -0.4 is 5.73 Å². The van der Waals surface area contributed by atoms with Crippen molar-refractivity contribution in [2.24, 2.45) is 11.1 Å². The van der Waals surface area contributed by atoms with Crippen LogP contribution in [0.4, 0.5) is 8.78 Å². The second-order valence-electron chi connectivity index (χ2n) is 4.47. The number of halogens is 4. The van der Waals surface area contributed by atoms with Crippen molar-refractivity contribution in [1.82, 2.24) is 0 Å². The summed E-state index contributed by atoms with van der Waals surface area (Å²) in [5.74, 6) is -2.42.